The van der Waals surface area contributed by atoms with Crippen LogP contribution in [0, 0.1) is 5.82 Å². The van der Waals surface area contributed by atoms with Gasteiger partial charge in [0, 0.05) is 38.2 Å². The maximum Gasteiger partial charge on any atom is 0.273 e. The topological polar surface area (TPSA) is 74.0 Å². The van der Waals surface area contributed by atoms with Crippen LogP contribution in [0.4, 0.5) is 10.1 Å². The van der Waals surface area contributed by atoms with Gasteiger partial charge in [-0.2, -0.15) is 0 Å². The first-order chi connectivity index (χ1) is 12.4. The number of thioether (sulfide) groups is 1. The average molecular weight is 382 g/mol. The summed E-state index contributed by atoms with van der Waals surface area (Å²) in [6, 6.07) is 6.09. The SMILES string of the molecule is C=NC(C)CCSCN.CN1CC=C(C(=O)Nc2ccc(F)cc2)N1C. The number of rotatable bonds is 7. The molecule has 0 saturated heterocycles. The number of halogens is 1. The van der Waals surface area contributed by atoms with Crippen LogP contribution >= 0.6 is 11.8 Å². The summed E-state index contributed by atoms with van der Waals surface area (Å²) in [6.07, 6.45) is 2.93. The molecule has 1 unspecified atom stereocenters. The van der Waals surface area contributed by atoms with E-state index in [2.05, 4.69) is 24.0 Å². The maximum absolute atomic E-state index is 12.7. The van der Waals surface area contributed by atoms with Gasteiger partial charge in [-0.1, -0.05) is 0 Å². The molecular weight excluding hydrogens is 353 g/mol. The van der Waals surface area contributed by atoms with Crippen molar-refractivity contribution in [2.75, 3.05) is 37.6 Å². The highest BCUT2D eigenvalue weighted by Crippen LogP contribution is 2.15. The molecular formula is C18H28FN5OS. The molecule has 3 N–H and O–H groups in total. The zero-order chi connectivity index (χ0) is 19.5. The minimum Gasteiger partial charge on any atom is -0.322 e. The van der Waals surface area contributed by atoms with Gasteiger partial charge < -0.3 is 16.1 Å². The standard InChI is InChI=1S/C12H14FN3O.C6H14N2S/c1-15-8-7-11(16(15)2)12(17)14-10-5-3-9(13)4-6-10;1-6(8-2)3-4-9-5-7/h3-7H,8H2,1-2H3,(H,14,17);6H,2-5,7H2,1H3. The minimum absolute atomic E-state index is 0.191. The monoisotopic (exact) mass is 381 g/mol. The van der Waals surface area contributed by atoms with Crippen molar-refractivity contribution in [3.63, 3.8) is 0 Å². The first-order valence-electron chi connectivity index (χ1n) is 8.34. The Hall–Kier alpha value is -1.90. The number of carbonyl (C=O) groups excluding carboxylic acids is 1. The minimum atomic E-state index is -0.320. The van der Waals surface area contributed by atoms with Crippen molar-refractivity contribution in [1.82, 2.24) is 10.0 Å². The van der Waals surface area contributed by atoms with E-state index in [9.17, 15) is 9.18 Å². The van der Waals surface area contributed by atoms with Crippen molar-refractivity contribution in [1.29, 1.82) is 0 Å². The van der Waals surface area contributed by atoms with Crippen LogP contribution in [0.15, 0.2) is 41.0 Å². The van der Waals surface area contributed by atoms with Crippen LogP contribution in [0.25, 0.3) is 0 Å². The Bertz CT molecular complexity index is 608. The third-order valence-electron chi connectivity index (χ3n) is 3.85. The lowest BCUT2D eigenvalue weighted by atomic mass is 10.3. The van der Waals surface area contributed by atoms with E-state index in [-0.39, 0.29) is 11.7 Å². The molecule has 6 nitrogen and oxygen atoms in total. The largest absolute Gasteiger partial charge is 0.322 e. The molecule has 0 fully saturated rings. The van der Waals surface area contributed by atoms with E-state index in [1.54, 1.807) is 16.8 Å². The van der Waals surface area contributed by atoms with Crippen LogP contribution in [0.2, 0.25) is 0 Å². The number of carbonyl (C=O) groups is 1. The van der Waals surface area contributed by atoms with Crippen molar-refractivity contribution in [2.45, 2.75) is 19.4 Å². The lowest BCUT2D eigenvalue weighted by Gasteiger charge is -2.23. The Balaban J connectivity index is 0.000000321. The number of nitrogens with zero attached hydrogens (tertiary/aromatic N) is 3. The molecule has 1 atom stereocenters. The zero-order valence-electron chi connectivity index (χ0n) is 15.6. The van der Waals surface area contributed by atoms with Gasteiger partial charge in [-0.3, -0.25) is 9.79 Å². The molecule has 8 heteroatoms. The summed E-state index contributed by atoms with van der Waals surface area (Å²) in [5, 5.41) is 6.41. The molecule has 0 aliphatic carbocycles. The van der Waals surface area contributed by atoms with Crippen molar-refractivity contribution in [3.05, 3.63) is 41.9 Å². The second-order valence-electron chi connectivity index (χ2n) is 5.81. The maximum atomic E-state index is 12.7. The lowest BCUT2D eigenvalue weighted by Crippen LogP contribution is -2.34. The van der Waals surface area contributed by atoms with Crippen LogP contribution < -0.4 is 11.1 Å². The van der Waals surface area contributed by atoms with Gasteiger partial charge in [0.2, 0.25) is 0 Å². The summed E-state index contributed by atoms with van der Waals surface area (Å²) in [7, 11) is 3.72. The van der Waals surface area contributed by atoms with E-state index in [4.69, 9.17) is 5.73 Å². The van der Waals surface area contributed by atoms with Crippen LogP contribution in [-0.4, -0.2) is 61.0 Å². The van der Waals surface area contributed by atoms with E-state index in [0.29, 0.717) is 29.8 Å². The summed E-state index contributed by atoms with van der Waals surface area (Å²) in [5.74, 6) is 1.30. The third kappa shape index (κ3) is 7.55. The van der Waals surface area contributed by atoms with Gasteiger partial charge >= 0.3 is 0 Å². The number of anilines is 1. The highest BCUT2D eigenvalue weighted by atomic mass is 32.2. The molecule has 1 aliphatic rings. The van der Waals surface area contributed by atoms with Gasteiger partial charge in [0.05, 0.1) is 0 Å². The highest BCUT2D eigenvalue weighted by molar-refractivity contribution is 7.99. The van der Waals surface area contributed by atoms with Gasteiger partial charge in [-0.15, -0.1) is 11.8 Å². The Kier molecular flexibility index (Phi) is 9.93. The Morgan fingerprint density at radius 3 is 2.58 bits per heavy atom. The molecule has 2 rings (SSSR count). The molecule has 26 heavy (non-hydrogen) atoms. The van der Waals surface area contributed by atoms with Crippen molar-refractivity contribution in [3.8, 4) is 0 Å². The van der Waals surface area contributed by atoms with E-state index in [1.165, 1.54) is 24.3 Å². The van der Waals surface area contributed by atoms with Gasteiger partial charge in [-0.25, -0.2) is 9.40 Å². The summed E-state index contributed by atoms with van der Waals surface area (Å²) in [4.78, 5) is 15.8. The molecule has 0 radical (unpaired) electrons. The normalized spacial score (nSPS) is 15.0. The van der Waals surface area contributed by atoms with E-state index in [0.717, 1.165) is 12.2 Å². The predicted molar refractivity (Wildman–Crippen MR) is 109 cm³/mol. The first kappa shape index (κ1) is 22.1. The quantitative estimate of drug-likeness (QED) is 0.431. The highest BCUT2D eigenvalue weighted by Gasteiger charge is 2.22. The summed E-state index contributed by atoms with van der Waals surface area (Å²) >= 11 is 1.74. The van der Waals surface area contributed by atoms with E-state index >= 15 is 0 Å². The summed E-state index contributed by atoms with van der Waals surface area (Å²) in [5.41, 5.74) is 6.45. The number of benzene rings is 1. The molecule has 0 saturated carbocycles. The summed E-state index contributed by atoms with van der Waals surface area (Å²) in [6.45, 7) is 6.22. The Labute approximate surface area is 159 Å². The van der Waals surface area contributed by atoms with Crippen LogP contribution in [0.5, 0.6) is 0 Å². The second-order valence-corrected chi connectivity index (χ2v) is 6.96. The number of nitrogens with one attached hydrogen (secondary N) is 1. The molecule has 1 amide bonds. The summed E-state index contributed by atoms with van der Waals surface area (Å²) < 4.78 is 12.7. The van der Waals surface area contributed by atoms with Gasteiger partial charge in [0.15, 0.2) is 0 Å². The Morgan fingerprint density at radius 2 is 2.08 bits per heavy atom. The number of aliphatic imine (C=N–C) groups is 1. The number of amides is 1. The molecule has 0 spiro atoms. The van der Waals surface area contributed by atoms with Crippen molar-refractivity contribution < 1.29 is 9.18 Å². The smallest absolute Gasteiger partial charge is 0.273 e. The second kappa shape index (κ2) is 11.7. The lowest BCUT2D eigenvalue weighted by molar-refractivity contribution is -0.115. The number of likely N-dealkylation sites (N-methyl/N-ethyl adjacent to an activating group) is 2. The van der Waals surface area contributed by atoms with Gasteiger partial charge in [-0.05, 0) is 56.2 Å². The molecule has 144 valence electrons. The van der Waals surface area contributed by atoms with Gasteiger partial charge in [0.25, 0.3) is 5.91 Å². The molecule has 1 aromatic rings. The fourth-order valence-electron chi connectivity index (χ4n) is 2.05. The third-order valence-corrected chi connectivity index (χ3v) is 4.61. The first-order valence-corrected chi connectivity index (χ1v) is 9.50. The van der Waals surface area contributed by atoms with E-state index < -0.39 is 0 Å². The Morgan fingerprint density at radius 1 is 1.42 bits per heavy atom. The van der Waals surface area contributed by atoms with Crippen LogP contribution in [0.3, 0.4) is 0 Å². The predicted octanol–water partition coefficient (Wildman–Crippen LogP) is 2.56. The average Bonchev–Trinajstić information content (AvgIpc) is 2.97. The molecule has 0 bridgehead atoms. The molecule has 0 aromatic heterocycles. The number of hydrazine groups is 1. The van der Waals surface area contributed by atoms with Crippen molar-refractivity contribution in [2.24, 2.45) is 10.7 Å². The number of nitrogens with two attached hydrogens (primary N) is 1. The fraction of sp³-hybridized carbons (Fsp3) is 0.444. The number of hydrogen-bond acceptors (Lipinski definition) is 6. The zero-order valence-corrected chi connectivity index (χ0v) is 16.4. The van der Waals surface area contributed by atoms with Crippen molar-refractivity contribution >= 4 is 30.1 Å². The van der Waals surface area contributed by atoms with E-state index in [1.807, 2.05) is 25.2 Å². The number of hydrogen-bond donors (Lipinski definition) is 2. The van der Waals surface area contributed by atoms with Crippen LogP contribution in [0.1, 0.15) is 13.3 Å². The molecule has 1 heterocycles. The van der Waals surface area contributed by atoms with Crippen LogP contribution in [-0.2, 0) is 4.79 Å². The van der Waals surface area contributed by atoms with Gasteiger partial charge in [0.1, 0.15) is 11.5 Å². The molecule has 1 aromatic carbocycles. The fourth-order valence-corrected chi connectivity index (χ4v) is 2.73. The molecule has 1 aliphatic heterocycles.